The van der Waals surface area contributed by atoms with Gasteiger partial charge >= 0.3 is 5.97 Å². The molecule has 0 aromatic carbocycles. The predicted molar refractivity (Wildman–Crippen MR) is 59.4 cm³/mol. The van der Waals surface area contributed by atoms with Crippen molar-refractivity contribution >= 4 is 5.97 Å². The van der Waals surface area contributed by atoms with Crippen molar-refractivity contribution in [3.05, 3.63) is 30.2 Å². The highest BCUT2D eigenvalue weighted by Gasteiger charge is 2.18. The molecule has 0 aliphatic heterocycles. The highest BCUT2D eigenvalue weighted by molar-refractivity contribution is 5.94. The summed E-state index contributed by atoms with van der Waals surface area (Å²) < 4.78 is 1.66. The number of nitrogens with one attached hydrogen (secondary N) is 1. The Kier molecular flexibility index (Phi) is 2.52. The average molecular weight is 219 g/mol. The third-order valence-corrected chi connectivity index (χ3v) is 2.36. The standard InChI is InChI=1S/C11H13N3O2/c1-7(2)14-6-9(11(15)16)10(13-14)8-3-4-12-5-8/h3-7,12H,1-2H3,(H,15,16). The fourth-order valence-electron chi connectivity index (χ4n) is 1.50. The molecule has 5 heteroatoms. The molecule has 2 N–H and O–H groups in total. The monoisotopic (exact) mass is 219 g/mol. The van der Waals surface area contributed by atoms with Crippen LogP contribution in [0.5, 0.6) is 0 Å². The van der Waals surface area contributed by atoms with E-state index in [4.69, 9.17) is 5.11 Å². The normalized spacial score (nSPS) is 10.9. The van der Waals surface area contributed by atoms with E-state index >= 15 is 0 Å². The molecule has 2 heterocycles. The molecule has 0 fully saturated rings. The molecule has 0 saturated heterocycles. The van der Waals surface area contributed by atoms with Crippen molar-refractivity contribution in [2.24, 2.45) is 0 Å². The Bertz CT molecular complexity index is 497. The molecule has 16 heavy (non-hydrogen) atoms. The summed E-state index contributed by atoms with van der Waals surface area (Å²) >= 11 is 0. The molecule has 0 saturated carbocycles. The number of carboxylic acids is 1. The van der Waals surface area contributed by atoms with Crippen molar-refractivity contribution in [2.75, 3.05) is 0 Å². The van der Waals surface area contributed by atoms with E-state index < -0.39 is 5.97 Å². The lowest BCUT2D eigenvalue weighted by Crippen LogP contribution is -2.00. The van der Waals surface area contributed by atoms with Crippen LogP contribution in [0.4, 0.5) is 0 Å². The van der Waals surface area contributed by atoms with Crippen molar-refractivity contribution in [1.82, 2.24) is 14.8 Å². The van der Waals surface area contributed by atoms with E-state index in [0.717, 1.165) is 5.56 Å². The molecular weight excluding hydrogens is 206 g/mol. The molecule has 0 radical (unpaired) electrons. The Balaban J connectivity index is 2.55. The largest absolute Gasteiger partial charge is 0.478 e. The highest BCUT2D eigenvalue weighted by Crippen LogP contribution is 2.22. The van der Waals surface area contributed by atoms with Crippen molar-refractivity contribution in [2.45, 2.75) is 19.9 Å². The molecule has 0 aliphatic carbocycles. The lowest BCUT2D eigenvalue weighted by Gasteiger charge is -2.02. The van der Waals surface area contributed by atoms with Crippen LogP contribution in [0, 0.1) is 0 Å². The van der Waals surface area contributed by atoms with Gasteiger partial charge in [0.2, 0.25) is 0 Å². The first kappa shape index (κ1) is 10.5. The minimum absolute atomic E-state index is 0.144. The second kappa shape index (κ2) is 3.84. The van der Waals surface area contributed by atoms with Crippen molar-refractivity contribution in [3.63, 3.8) is 0 Å². The predicted octanol–water partition coefficient (Wildman–Crippen LogP) is 2.16. The first-order chi connectivity index (χ1) is 7.59. The van der Waals surface area contributed by atoms with Gasteiger partial charge in [-0.3, -0.25) is 4.68 Å². The fraction of sp³-hybridized carbons (Fsp3) is 0.273. The van der Waals surface area contributed by atoms with Crippen LogP contribution in [0.25, 0.3) is 11.3 Å². The van der Waals surface area contributed by atoms with E-state index in [1.807, 2.05) is 13.8 Å². The maximum absolute atomic E-state index is 11.1. The SMILES string of the molecule is CC(C)n1cc(C(=O)O)c(-c2cc[nH]c2)n1. The van der Waals surface area contributed by atoms with Gasteiger partial charge in [0, 0.05) is 30.2 Å². The molecule has 2 aromatic rings. The number of nitrogens with zero attached hydrogens (tertiary/aromatic N) is 2. The molecule has 84 valence electrons. The van der Waals surface area contributed by atoms with Crippen LogP contribution in [0.3, 0.4) is 0 Å². The van der Waals surface area contributed by atoms with Crippen LogP contribution in [0.1, 0.15) is 30.2 Å². The van der Waals surface area contributed by atoms with E-state index in [0.29, 0.717) is 5.69 Å². The van der Waals surface area contributed by atoms with E-state index in [1.165, 1.54) is 0 Å². The van der Waals surface area contributed by atoms with E-state index in [-0.39, 0.29) is 11.6 Å². The molecule has 0 unspecified atom stereocenters. The molecule has 2 aromatic heterocycles. The van der Waals surface area contributed by atoms with Crippen molar-refractivity contribution in [3.8, 4) is 11.3 Å². The van der Waals surface area contributed by atoms with Gasteiger partial charge in [0.05, 0.1) is 0 Å². The van der Waals surface area contributed by atoms with Gasteiger partial charge in [0.25, 0.3) is 0 Å². The van der Waals surface area contributed by atoms with Gasteiger partial charge < -0.3 is 10.1 Å². The smallest absolute Gasteiger partial charge is 0.339 e. The van der Waals surface area contributed by atoms with Gasteiger partial charge in [0.1, 0.15) is 11.3 Å². The number of hydrogen-bond acceptors (Lipinski definition) is 2. The number of carboxylic acid groups (broad SMARTS) is 1. The minimum Gasteiger partial charge on any atom is -0.478 e. The number of aromatic amines is 1. The first-order valence-corrected chi connectivity index (χ1v) is 5.05. The summed E-state index contributed by atoms with van der Waals surface area (Å²) in [5.74, 6) is -0.955. The van der Waals surface area contributed by atoms with Crippen LogP contribution in [-0.4, -0.2) is 25.8 Å². The maximum atomic E-state index is 11.1. The summed E-state index contributed by atoms with van der Waals surface area (Å²) in [7, 11) is 0. The Morgan fingerprint density at radius 1 is 1.56 bits per heavy atom. The summed E-state index contributed by atoms with van der Waals surface area (Å²) in [6, 6.07) is 1.95. The fourth-order valence-corrected chi connectivity index (χ4v) is 1.50. The molecule has 0 atom stereocenters. The third kappa shape index (κ3) is 1.71. The Morgan fingerprint density at radius 2 is 2.31 bits per heavy atom. The molecular formula is C11H13N3O2. The van der Waals surface area contributed by atoms with E-state index in [2.05, 4.69) is 10.1 Å². The molecule has 0 bridgehead atoms. The van der Waals surface area contributed by atoms with Crippen LogP contribution in [-0.2, 0) is 0 Å². The van der Waals surface area contributed by atoms with Gasteiger partial charge in [-0.15, -0.1) is 0 Å². The van der Waals surface area contributed by atoms with Gasteiger partial charge in [-0.1, -0.05) is 0 Å². The Morgan fingerprint density at radius 3 is 2.81 bits per heavy atom. The van der Waals surface area contributed by atoms with Crippen LogP contribution < -0.4 is 0 Å². The second-order valence-corrected chi connectivity index (χ2v) is 3.87. The second-order valence-electron chi connectivity index (χ2n) is 3.87. The number of rotatable bonds is 3. The van der Waals surface area contributed by atoms with Gasteiger partial charge in [-0.05, 0) is 19.9 Å². The van der Waals surface area contributed by atoms with Crippen molar-refractivity contribution < 1.29 is 9.90 Å². The lowest BCUT2D eigenvalue weighted by molar-refractivity contribution is 0.0697. The molecule has 2 rings (SSSR count). The lowest BCUT2D eigenvalue weighted by atomic mass is 10.1. The highest BCUT2D eigenvalue weighted by atomic mass is 16.4. The summed E-state index contributed by atoms with van der Waals surface area (Å²) in [5, 5.41) is 13.4. The van der Waals surface area contributed by atoms with Crippen LogP contribution in [0.15, 0.2) is 24.7 Å². The van der Waals surface area contributed by atoms with Gasteiger partial charge in [-0.2, -0.15) is 5.10 Å². The molecule has 0 amide bonds. The molecule has 5 nitrogen and oxygen atoms in total. The zero-order valence-electron chi connectivity index (χ0n) is 9.14. The van der Waals surface area contributed by atoms with E-state index in [9.17, 15) is 4.79 Å². The van der Waals surface area contributed by atoms with Crippen LogP contribution >= 0.6 is 0 Å². The van der Waals surface area contributed by atoms with Gasteiger partial charge in [-0.25, -0.2) is 4.79 Å². The maximum Gasteiger partial charge on any atom is 0.339 e. The zero-order chi connectivity index (χ0) is 11.7. The first-order valence-electron chi connectivity index (χ1n) is 5.05. The Labute approximate surface area is 92.7 Å². The number of H-pyrrole nitrogens is 1. The number of aromatic nitrogens is 3. The number of aromatic carboxylic acids is 1. The zero-order valence-corrected chi connectivity index (χ0v) is 9.14. The summed E-state index contributed by atoms with van der Waals surface area (Å²) in [6.07, 6.45) is 5.05. The topological polar surface area (TPSA) is 70.9 Å². The summed E-state index contributed by atoms with van der Waals surface area (Å²) in [5.41, 5.74) is 1.52. The quantitative estimate of drug-likeness (QED) is 0.830. The summed E-state index contributed by atoms with van der Waals surface area (Å²) in [4.78, 5) is 14.0. The van der Waals surface area contributed by atoms with Gasteiger partial charge in [0.15, 0.2) is 0 Å². The van der Waals surface area contributed by atoms with E-state index in [1.54, 1.807) is 29.3 Å². The molecule has 0 aliphatic rings. The van der Waals surface area contributed by atoms with Crippen molar-refractivity contribution in [1.29, 1.82) is 0 Å². The third-order valence-electron chi connectivity index (χ3n) is 2.36. The van der Waals surface area contributed by atoms with Crippen LogP contribution in [0.2, 0.25) is 0 Å². The number of carbonyl (C=O) groups is 1. The number of hydrogen-bond donors (Lipinski definition) is 2. The summed E-state index contributed by atoms with van der Waals surface area (Å²) in [6.45, 7) is 3.92. The molecule has 0 spiro atoms. The minimum atomic E-state index is -0.955. The Hall–Kier alpha value is -2.04. The average Bonchev–Trinajstić information content (AvgIpc) is 2.86.